The van der Waals surface area contributed by atoms with E-state index in [-0.39, 0.29) is 22.9 Å². The minimum Gasteiger partial charge on any atom is -0.496 e. The fourth-order valence-corrected chi connectivity index (χ4v) is 3.56. The molecular formula is C26H22O6. The van der Waals surface area contributed by atoms with Crippen LogP contribution in [0.3, 0.4) is 0 Å². The van der Waals surface area contributed by atoms with Crippen molar-refractivity contribution in [2.24, 2.45) is 0 Å². The molecule has 1 aliphatic heterocycles. The molecule has 0 atom stereocenters. The third-order valence-corrected chi connectivity index (χ3v) is 5.16. The minimum atomic E-state index is -0.640. The number of hydrogen-bond donors (Lipinski definition) is 0. The van der Waals surface area contributed by atoms with E-state index in [0.717, 1.165) is 11.1 Å². The summed E-state index contributed by atoms with van der Waals surface area (Å²) in [6, 6.07) is 16.0. The Morgan fingerprint density at radius 1 is 0.938 bits per heavy atom. The van der Waals surface area contributed by atoms with Crippen molar-refractivity contribution in [3.05, 3.63) is 88.2 Å². The second kappa shape index (κ2) is 8.59. The first-order chi connectivity index (χ1) is 15.4. The van der Waals surface area contributed by atoms with Gasteiger partial charge in [-0.3, -0.25) is 4.79 Å². The van der Waals surface area contributed by atoms with Crippen LogP contribution in [-0.2, 0) is 0 Å². The van der Waals surface area contributed by atoms with Crippen molar-refractivity contribution in [3.63, 3.8) is 0 Å². The molecule has 0 aliphatic carbocycles. The van der Waals surface area contributed by atoms with Crippen molar-refractivity contribution in [1.29, 1.82) is 0 Å². The Kier molecular flexibility index (Phi) is 5.69. The Bertz CT molecular complexity index is 1220. The molecule has 4 rings (SSSR count). The largest absolute Gasteiger partial charge is 0.496 e. The molecule has 0 saturated heterocycles. The summed E-state index contributed by atoms with van der Waals surface area (Å²) in [5, 5.41) is 0. The normalized spacial score (nSPS) is 13.5. The molecule has 0 saturated carbocycles. The highest BCUT2D eigenvalue weighted by Gasteiger charge is 2.30. The van der Waals surface area contributed by atoms with Gasteiger partial charge in [-0.2, -0.15) is 0 Å². The third-order valence-electron chi connectivity index (χ3n) is 5.16. The molecular weight excluding hydrogens is 408 g/mol. The molecule has 32 heavy (non-hydrogen) atoms. The number of ketones is 1. The summed E-state index contributed by atoms with van der Waals surface area (Å²) in [6.45, 7) is 3.77. The molecule has 1 aliphatic rings. The van der Waals surface area contributed by atoms with Gasteiger partial charge in [-0.1, -0.05) is 35.9 Å². The van der Waals surface area contributed by atoms with Crippen LogP contribution in [0.2, 0.25) is 0 Å². The number of hydrogen-bond acceptors (Lipinski definition) is 6. The van der Waals surface area contributed by atoms with Gasteiger partial charge < -0.3 is 18.9 Å². The number of aryl methyl sites for hydroxylation is 2. The summed E-state index contributed by atoms with van der Waals surface area (Å²) in [5.74, 6) is 0.651. The molecule has 0 N–H and O–H groups in total. The predicted octanol–water partition coefficient (Wildman–Crippen LogP) is 5.16. The number of fused-ring (bicyclic) bond motifs is 1. The number of esters is 1. The molecule has 0 fully saturated rings. The van der Waals surface area contributed by atoms with E-state index in [1.165, 1.54) is 20.3 Å². The topological polar surface area (TPSA) is 71.1 Å². The average Bonchev–Trinajstić information content (AvgIpc) is 3.09. The molecule has 6 nitrogen and oxygen atoms in total. The molecule has 3 aromatic carbocycles. The van der Waals surface area contributed by atoms with Crippen LogP contribution in [0.1, 0.15) is 37.4 Å². The van der Waals surface area contributed by atoms with Crippen molar-refractivity contribution in [2.75, 3.05) is 14.2 Å². The van der Waals surface area contributed by atoms with Crippen LogP contribution in [0.4, 0.5) is 0 Å². The maximum Gasteiger partial charge on any atom is 0.351 e. The number of ether oxygens (including phenoxy) is 4. The van der Waals surface area contributed by atoms with Crippen LogP contribution >= 0.6 is 0 Å². The van der Waals surface area contributed by atoms with E-state index >= 15 is 0 Å². The number of benzene rings is 3. The maximum absolute atomic E-state index is 12.9. The Morgan fingerprint density at radius 3 is 2.22 bits per heavy atom. The second-order valence-corrected chi connectivity index (χ2v) is 7.39. The van der Waals surface area contributed by atoms with Crippen LogP contribution in [0.25, 0.3) is 6.08 Å². The van der Waals surface area contributed by atoms with Gasteiger partial charge in [0.2, 0.25) is 5.78 Å². The molecule has 0 amide bonds. The molecule has 0 radical (unpaired) electrons. The Hall–Kier alpha value is -4.06. The molecule has 0 bridgehead atoms. The highest BCUT2D eigenvalue weighted by Crippen LogP contribution is 2.38. The van der Waals surface area contributed by atoms with Crippen LogP contribution in [-0.4, -0.2) is 26.0 Å². The summed E-state index contributed by atoms with van der Waals surface area (Å²) in [4.78, 5) is 25.8. The van der Waals surface area contributed by atoms with Gasteiger partial charge in [0.1, 0.15) is 28.6 Å². The molecule has 162 valence electrons. The lowest BCUT2D eigenvalue weighted by atomic mass is 10.0. The van der Waals surface area contributed by atoms with E-state index in [2.05, 4.69) is 0 Å². The molecule has 0 spiro atoms. The number of carbonyl (C=O) groups excluding carboxylic acids is 2. The first kappa shape index (κ1) is 21.2. The Balaban J connectivity index is 1.63. The van der Waals surface area contributed by atoms with E-state index < -0.39 is 5.97 Å². The van der Waals surface area contributed by atoms with Crippen molar-refractivity contribution >= 4 is 17.8 Å². The van der Waals surface area contributed by atoms with Gasteiger partial charge in [-0.25, -0.2) is 4.79 Å². The molecule has 0 unspecified atom stereocenters. The van der Waals surface area contributed by atoms with E-state index in [1.807, 2.05) is 31.2 Å². The standard InChI is InChI=1S/C26H22O6/c1-15-8-10-17(11-9-15)13-22-25(27)23-16(2)12-18(14-21(23)32-22)31-26(28)24-19(29-3)6-5-7-20(24)30-4/h5-14H,1-4H3/b22-13-. The van der Waals surface area contributed by atoms with Gasteiger partial charge in [-0.05, 0) is 49.2 Å². The number of rotatable bonds is 5. The predicted molar refractivity (Wildman–Crippen MR) is 120 cm³/mol. The van der Waals surface area contributed by atoms with Gasteiger partial charge in [0, 0.05) is 6.07 Å². The average molecular weight is 430 g/mol. The Morgan fingerprint density at radius 2 is 1.59 bits per heavy atom. The minimum absolute atomic E-state index is 0.174. The fourth-order valence-electron chi connectivity index (χ4n) is 3.56. The van der Waals surface area contributed by atoms with E-state index in [1.54, 1.807) is 37.3 Å². The summed E-state index contributed by atoms with van der Waals surface area (Å²) in [6.07, 6.45) is 1.70. The highest BCUT2D eigenvalue weighted by molar-refractivity contribution is 6.15. The third kappa shape index (κ3) is 3.95. The van der Waals surface area contributed by atoms with Crippen molar-refractivity contribution in [1.82, 2.24) is 0 Å². The molecule has 1 heterocycles. The summed E-state index contributed by atoms with van der Waals surface area (Å²) in [7, 11) is 2.93. The first-order valence-electron chi connectivity index (χ1n) is 10.00. The van der Waals surface area contributed by atoms with Gasteiger partial charge >= 0.3 is 5.97 Å². The van der Waals surface area contributed by atoms with E-state index in [0.29, 0.717) is 28.4 Å². The summed E-state index contributed by atoms with van der Waals surface area (Å²) in [5.41, 5.74) is 3.27. The zero-order valence-electron chi connectivity index (χ0n) is 18.2. The van der Waals surface area contributed by atoms with Crippen molar-refractivity contribution in [2.45, 2.75) is 13.8 Å². The molecule has 0 aromatic heterocycles. The zero-order chi connectivity index (χ0) is 22.8. The monoisotopic (exact) mass is 430 g/mol. The molecule has 3 aromatic rings. The van der Waals surface area contributed by atoms with Crippen molar-refractivity contribution < 1.29 is 28.5 Å². The van der Waals surface area contributed by atoms with E-state index in [9.17, 15) is 9.59 Å². The van der Waals surface area contributed by atoms with Gasteiger partial charge in [0.05, 0.1) is 19.8 Å². The van der Waals surface area contributed by atoms with Crippen LogP contribution < -0.4 is 18.9 Å². The summed E-state index contributed by atoms with van der Waals surface area (Å²) >= 11 is 0. The highest BCUT2D eigenvalue weighted by atomic mass is 16.5. The van der Waals surface area contributed by atoms with Crippen LogP contribution in [0.5, 0.6) is 23.0 Å². The lowest BCUT2D eigenvalue weighted by Crippen LogP contribution is -2.12. The number of carbonyl (C=O) groups is 2. The summed E-state index contributed by atoms with van der Waals surface area (Å²) < 4.78 is 22.0. The fraction of sp³-hybridized carbons (Fsp3) is 0.154. The molecule has 6 heteroatoms. The SMILES string of the molecule is COc1cccc(OC)c1C(=O)Oc1cc(C)c2c(c1)O/C(=C\c1ccc(C)cc1)C2=O. The van der Waals surface area contributed by atoms with Crippen LogP contribution in [0, 0.1) is 13.8 Å². The van der Waals surface area contributed by atoms with Gasteiger partial charge in [0.15, 0.2) is 5.76 Å². The lowest BCUT2D eigenvalue weighted by molar-refractivity contribution is 0.0727. The number of allylic oxidation sites excluding steroid dienone is 1. The lowest BCUT2D eigenvalue weighted by Gasteiger charge is -2.13. The van der Waals surface area contributed by atoms with E-state index in [4.69, 9.17) is 18.9 Å². The van der Waals surface area contributed by atoms with Crippen LogP contribution in [0.15, 0.2) is 60.4 Å². The Labute approximate surface area is 186 Å². The number of Topliss-reactive ketones (excluding diaryl/α,β-unsaturated/α-hetero) is 1. The van der Waals surface area contributed by atoms with Crippen molar-refractivity contribution in [3.8, 4) is 23.0 Å². The second-order valence-electron chi connectivity index (χ2n) is 7.39. The quantitative estimate of drug-likeness (QED) is 0.316. The maximum atomic E-state index is 12.9. The van der Waals surface area contributed by atoms with Gasteiger partial charge in [0.25, 0.3) is 0 Å². The van der Waals surface area contributed by atoms with Gasteiger partial charge in [-0.15, -0.1) is 0 Å². The zero-order valence-corrected chi connectivity index (χ0v) is 18.2. The smallest absolute Gasteiger partial charge is 0.351 e. The number of methoxy groups -OCH3 is 2. The first-order valence-corrected chi connectivity index (χ1v) is 10.00.